The lowest BCUT2D eigenvalue weighted by atomic mass is 10.2. The number of benzene rings is 1. The third-order valence-electron chi connectivity index (χ3n) is 4.24. The van der Waals surface area contributed by atoms with Crippen molar-refractivity contribution in [2.75, 3.05) is 50.0 Å². The number of anilines is 2. The summed E-state index contributed by atoms with van der Waals surface area (Å²) in [5.41, 5.74) is 7.28. The predicted octanol–water partition coefficient (Wildman–Crippen LogP) is 1.27. The quantitative estimate of drug-likeness (QED) is 0.793. The number of hydrogen-bond acceptors (Lipinski definition) is 7. The van der Waals surface area contributed by atoms with E-state index >= 15 is 0 Å². The highest BCUT2D eigenvalue weighted by Gasteiger charge is 2.19. The lowest BCUT2D eigenvalue weighted by Crippen LogP contribution is -2.47. The average molecular weight is 338 g/mol. The number of ether oxygens (including phenoxy) is 1. The summed E-state index contributed by atoms with van der Waals surface area (Å²) in [6.07, 6.45) is 1.49. The molecule has 0 unspecified atom stereocenters. The van der Waals surface area contributed by atoms with E-state index in [1.54, 1.807) is 0 Å². The van der Waals surface area contributed by atoms with Crippen molar-refractivity contribution in [2.45, 2.75) is 6.61 Å². The van der Waals surface area contributed by atoms with Crippen LogP contribution in [-0.4, -0.2) is 54.2 Å². The van der Waals surface area contributed by atoms with Crippen LogP contribution in [0.4, 0.5) is 11.8 Å². The van der Waals surface area contributed by atoms with Crippen LogP contribution in [0.1, 0.15) is 11.1 Å². The monoisotopic (exact) mass is 338 g/mol. The van der Waals surface area contributed by atoms with E-state index in [0.29, 0.717) is 18.1 Å². The molecule has 1 aromatic heterocycles. The van der Waals surface area contributed by atoms with Crippen LogP contribution in [0.15, 0.2) is 36.5 Å². The fraction of sp³-hybridized carbons (Fsp3) is 0.389. The van der Waals surface area contributed by atoms with Crippen LogP contribution in [0, 0.1) is 11.3 Å². The molecule has 1 fully saturated rings. The largest absolute Gasteiger partial charge is 0.382 e. The molecule has 2 aromatic rings. The summed E-state index contributed by atoms with van der Waals surface area (Å²) in [6.45, 7) is 5.81. The number of nitrogen functional groups attached to an aromatic ring is 1. The average Bonchev–Trinajstić information content (AvgIpc) is 2.66. The molecular weight excluding hydrogens is 316 g/mol. The lowest BCUT2D eigenvalue weighted by Gasteiger charge is -2.34. The number of nitrogens with two attached hydrogens (primary N) is 1. The van der Waals surface area contributed by atoms with Gasteiger partial charge >= 0.3 is 0 Å². The van der Waals surface area contributed by atoms with Crippen LogP contribution in [0.3, 0.4) is 0 Å². The Kier molecular flexibility index (Phi) is 5.77. The van der Waals surface area contributed by atoms with E-state index in [-0.39, 0.29) is 5.82 Å². The summed E-state index contributed by atoms with van der Waals surface area (Å²) in [7, 11) is 0. The first-order chi connectivity index (χ1) is 12.3. The molecule has 0 spiro atoms. The van der Waals surface area contributed by atoms with Crippen molar-refractivity contribution in [3.8, 4) is 6.07 Å². The van der Waals surface area contributed by atoms with E-state index in [9.17, 15) is 0 Å². The molecule has 2 N–H and O–H groups in total. The molecule has 7 nitrogen and oxygen atoms in total. The topological polar surface area (TPSA) is 91.3 Å². The van der Waals surface area contributed by atoms with Crippen molar-refractivity contribution in [3.63, 3.8) is 0 Å². The van der Waals surface area contributed by atoms with Crippen LogP contribution in [-0.2, 0) is 11.3 Å². The van der Waals surface area contributed by atoms with Crippen molar-refractivity contribution in [1.82, 2.24) is 14.9 Å². The second kappa shape index (κ2) is 8.42. The smallest absolute Gasteiger partial charge is 0.227 e. The Hall–Kier alpha value is -2.69. The fourth-order valence-electron chi connectivity index (χ4n) is 2.75. The van der Waals surface area contributed by atoms with Gasteiger partial charge in [-0.3, -0.25) is 4.90 Å². The maximum Gasteiger partial charge on any atom is 0.227 e. The number of nitrogens with zero attached hydrogens (tertiary/aromatic N) is 5. The highest BCUT2D eigenvalue weighted by molar-refractivity contribution is 5.50. The molecule has 1 aliphatic rings. The molecule has 3 rings (SSSR count). The molecule has 1 aliphatic heterocycles. The first-order valence-electron chi connectivity index (χ1n) is 8.38. The number of hydrogen-bond donors (Lipinski definition) is 1. The first kappa shape index (κ1) is 17.1. The molecule has 0 radical (unpaired) electrons. The Balaban J connectivity index is 1.40. The second-order valence-corrected chi connectivity index (χ2v) is 5.95. The van der Waals surface area contributed by atoms with Gasteiger partial charge in [0.2, 0.25) is 5.95 Å². The van der Waals surface area contributed by atoms with Crippen LogP contribution < -0.4 is 10.6 Å². The minimum atomic E-state index is 0.240. The fourth-order valence-corrected chi connectivity index (χ4v) is 2.75. The molecular formula is C18H22N6O. The van der Waals surface area contributed by atoms with E-state index in [2.05, 4.69) is 31.9 Å². The number of piperazine rings is 1. The molecule has 0 saturated carbocycles. The Labute approximate surface area is 147 Å². The summed E-state index contributed by atoms with van der Waals surface area (Å²) >= 11 is 0. The van der Waals surface area contributed by atoms with Crippen LogP contribution in [0.25, 0.3) is 0 Å². The van der Waals surface area contributed by atoms with Crippen molar-refractivity contribution in [1.29, 1.82) is 5.26 Å². The van der Waals surface area contributed by atoms with E-state index < -0.39 is 0 Å². The third-order valence-corrected chi connectivity index (χ3v) is 4.24. The number of rotatable bonds is 6. The summed E-state index contributed by atoms with van der Waals surface area (Å²) < 4.78 is 5.75. The molecule has 1 aromatic carbocycles. The standard InChI is InChI=1S/C18H22N6O/c19-12-16-13-21-18(22-17(16)20)24-8-6-23(7-9-24)10-11-25-14-15-4-2-1-3-5-15/h1-5,13H,6-11,14H2,(H2,20,21,22). The maximum absolute atomic E-state index is 8.89. The Bertz CT molecular complexity index is 722. The molecule has 1 saturated heterocycles. The van der Waals surface area contributed by atoms with Gasteiger partial charge in [0, 0.05) is 32.7 Å². The zero-order valence-electron chi connectivity index (χ0n) is 14.1. The molecule has 0 atom stereocenters. The van der Waals surface area contributed by atoms with Gasteiger partial charge in [0.25, 0.3) is 0 Å². The molecule has 0 amide bonds. The van der Waals surface area contributed by atoms with E-state index in [1.807, 2.05) is 24.3 Å². The van der Waals surface area contributed by atoms with Gasteiger partial charge in [0.05, 0.1) is 19.4 Å². The summed E-state index contributed by atoms with van der Waals surface area (Å²) in [5.74, 6) is 0.834. The first-order valence-corrected chi connectivity index (χ1v) is 8.38. The molecule has 25 heavy (non-hydrogen) atoms. The third kappa shape index (κ3) is 4.66. The van der Waals surface area contributed by atoms with E-state index in [4.69, 9.17) is 15.7 Å². The van der Waals surface area contributed by atoms with Gasteiger partial charge in [-0.15, -0.1) is 0 Å². The van der Waals surface area contributed by atoms with Gasteiger partial charge in [-0.25, -0.2) is 4.98 Å². The van der Waals surface area contributed by atoms with Crippen LogP contribution in [0.2, 0.25) is 0 Å². The minimum absolute atomic E-state index is 0.240. The van der Waals surface area contributed by atoms with Gasteiger partial charge in [-0.1, -0.05) is 30.3 Å². The van der Waals surface area contributed by atoms with Gasteiger partial charge < -0.3 is 15.4 Å². The highest BCUT2D eigenvalue weighted by Crippen LogP contribution is 2.14. The van der Waals surface area contributed by atoms with Crippen LogP contribution >= 0.6 is 0 Å². The normalized spacial score (nSPS) is 15.1. The second-order valence-electron chi connectivity index (χ2n) is 5.95. The Morgan fingerprint density at radius 2 is 1.92 bits per heavy atom. The number of aromatic nitrogens is 2. The Morgan fingerprint density at radius 3 is 2.60 bits per heavy atom. The SMILES string of the molecule is N#Cc1cnc(N2CCN(CCOCc3ccccc3)CC2)nc1N. The minimum Gasteiger partial charge on any atom is -0.382 e. The van der Waals surface area contributed by atoms with E-state index in [0.717, 1.165) is 39.3 Å². The highest BCUT2D eigenvalue weighted by atomic mass is 16.5. The van der Waals surface area contributed by atoms with Crippen molar-refractivity contribution in [3.05, 3.63) is 47.7 Å². The zero-order chi connectivity index (χ0) is 17.5. The molecule has 7 heteroatoms. The Morgan fingerprint density at radius 1 is 1.16 bits per heavy atom. The lowest BCUT2D eigenvalue weighted by molar-refractivity contribution is 0.0906. The van der Waals surface area contributed by atoms with Crippen molar-refractivity contribution < 1.29 is 4.74 Å². The van der Waals surface area contributed by atoms with Crippen molar-refractivity contribution in [2.24, 2.45) is 0 Å². The van der Waals surface area contributed by atoms with E-state index in [1.165, 1.54) is 11.8 Å². The van der Waals surface area contributed by atoms with Gasteiger partial charge in [0.1, 0.15) is 17.5 Å². The van der Waals surface area contributed by atoms with Crippen LogP contribution in [0.5, 0.6) is 0 Å². The van der Waals surface area contributed by atoms with Gasteiger partial charge in [-0.05, 0) is 5.56 Å². The number of nitriles is 1. The van der Waals surface area contributed by atoms with Crippen molar-refractivity contribution >= 4 is 11.8 Å². The zero-order valence-corrected chi connectivity index (χ0v) is 14.1. The molecule has 0 bridgehead atoms. The molecule has 2 heterocycles. The van der Waals surface area contributed by atoms with Gasteiger partial charge in [-0.2, -0.15) is 10.2 Å². The summed E-state index contributed by atoms with van der Waals surface area (Å²) in [4.78, 5) is 12.9. The summed E-state index contributed by atoms with van der Waals surface area (Å²) in [5, 5.41) is 8.89. The summed E-state index contributed by atoms with van der Waals surface area (Å²) in [6, 6.07) is 12.2. The predicted molar refractivity (Wildman–Crippen MR) is 95.9 cm³/mol. The molecule has 130 valence electrons. The van der Waals surface area contributed by atoms with Gasteiger partial charge in [0.15, 0.2) is 0 Å². The maximum atomic E-state index is 8.89. The molecule has 0 aliphatic carbocycles.